The molecule has 22 heavy (non-hydrogen) atoms. The van der Waals surface area contributed by atoms with Gasteiger partial charge in [-0.3, -0.25) is 4.79 Å². The Morgan fingerprint density at radius 3 is 2.68 bits per heavy atom. The van der Waals surface area contributed by atoms with E-state index in [1.165, 1.54) is 23.5 Å². The van der Waals surface area contributed by atoms with Crippen LogP contribution < -0.4 is 0 Å². The highest BCUT2D eigenvalue weighted by Gasteiger charge is 2.13. The minimum atomic E-state index is -0.261. The summed E-state index contributed by atoms with van der Waals surface area (Å²) in [5.41, 5.74) is 1.81. The number of halogens is 1. The van der Waals surface area contributed by atoms with Gasteiger partial charge in [-0.1, -0.05) is 12.1 Å². The van der Waals surface area contributed by atoms with Crippen LogP contribution in [0.4, 0.5) is 4.39 Å². The minimum absolute atomic E-state index is 0.0394. The lowest BCUT2D eigenvalue weighted by atomic mass is 10.2. The number of nitrogens with zero attached hydrogens (tertiary/aromatic N) is 3. The van der Waals surface area contributed by atoms with Crippen LogP contribution in [0.15, 0.2) is 35.7 Å². The second kappa shape index (κ2) is 5.81. The van der Waals surface area contributed by atoms with Gasteiger partial charge >= 0.3 is 0 Å². The number of carbonyl (C=O) groups excluding carboxylic acids is 1. The Kier molecular flexibility index (Phi) is 3.85. The van der Waals surface area contributed by atoms with E-state index in [4.69, 9.17) is 0 Å². The third-order valence-electron chi connectivity index (χ3n) is 3.23. The van der Waals surface area contributed by atoms with Crippen LogP contribution >= 0.6 is 11.3 Å². The number of thiophene rings is 1. The number of hydrogen-bond donors (Lipinski definition) is 0. The molecule has 1 aromatic carbocycles. The first-order chi connectivity index (χ1) is 10.5. The quantitative estimate of drug-likeness (QED) is 0.690. The summed E-state index contributed by atoms with van der Waals surface area (Å²) in [6.45, 7) is 3.87. The molecule has 0 fully saturated rings. The number of ketones is 1. The molecular formula is C16H14FN3OS. The van der Waals surface area contributed by atoms with Gasteiger partial charge in [0.15, 0.2) is 11.6 Å². The number of rotatable bonds is 4. The van der Waals surface area contributed by atoms with Crippen LogP contribution in [-0.2, 0) is 6.54 Å². The predicted octanol–water partition coefficient (Wildman–Crippen LogP) is 3.71. The Bertz CT molecular complexity index is 820. The predicted molar refractivity (Wildman–Crippen MR) is 83.6 cm³/mol. The number of Topliss-reactive ketones (excluding diaryl/α,β-unsaturated/α-hetero) is 1. The topological polar surface area (TPSA) is 47.8 Å². The smallest absolute Gasteiger partial charge is 0.169 e. The standard InChI is InChI=1S/C16H14FN3OS/c1-10(21)15-7-13(9-22-15)16-18-11(2)19-20(16)8-12-3-5-14(17)6-4-12/h3-7,9H,8H2,1-2H3. The molecule has 0 spiro atoms. The molecule has 0 amide bonds. The van der Waals surface area contributed by atoms with Crippen molar-refractivity contribution in [1.29, 1.82) is 0 Å². The summed E-state index contributed by atoms with van der Waals surface area (Å²) in [5, 5.41) is 6.29. The van der Waals surface area contributed by atoms with Crippen LogP contribution in [0.25, 0.3) is 11.4 Å². The van der Waals surface area contributed by atoms with Gasteiger partial charge in [-0.05, 0) is 37.6 Å². The maximum Gasteiger partial charge on any atom is 0.169 e. The first kappa shape index (κ1) is 14.6. The molecule has 6 heteroatoms. The lowest BCUT2D eigenvalue weighted by Gasteiger charge is -2.05. The average molecular weight is 315 g/mol. The zero-order valence-corrected chi connectivity index (χ0v) is 13.0. The number of hydrogen-bond acceptors (Lipinski definition) is 4. The van der Waals surface area contributed by atoms with Crippen LogP contribution in [0.1, 0.15) is 28.0 Å². The van der Waals surface area contributed by atoms with Crippen molar-refractivity contribution in [3.63, 3.8) is 0 Å². The van der Waals surface area contributed by atoms with Crippen molar-refractivity contribution in [2.24, 2.45) is 0 Å². The molecule has 0 saturated carbocycles. The molecule has 0 aliphatic heterocycles. The first-order valence-corrected chi connectivity index (χ1v) is 7.66. The van der Waals surface area contributed by atoms with Gasteiger partial charge in [-0.15, -0.1) is 11.3 Å². The van der Waals surface area contributed by atoms with E-state index in [2.05, 4.69) is 10.1 Å². The molecule has 4 nitrogen and oxygen atoms in total. The second-order valence-corrected chi connectivity index (χ2v) is 5.93. The Hall–Kier alpha value is -2.34. The molecule has 112 valence electrons. The Morgan fingerprint density at radius 2 is 2.05 bits per heavy atom. The Morgan fingerprint density at radius 1 is 1.32 bits per heavy atom. The van der Waals surface area contributed by atoms with Gasteiger partial charge in [-0.2, -0.15) is 5.10 Å². The highest BCUT2D eigenvalue weighted by Crippen LogP contribution is 2.25. The fourth-order valence-electron chi connectivity index (χ4n) is 2.18. The van der Waals surface area contributed by atoms with Crippen molar-refractivity contribution < 1.29 is 9.18 Å². The number of aryl methyl sites for hydroxylation is 1. The summed E-state index contributed by atoms with van der Waals surface area (Å²) in [6, 6.07) is 8.14. The van der Waals surface area contributed by atoms with E-state index in [-0.39, 0.29) is 11.6 Å². The lowest BCUT2D eigenvalue weighted by molar-refractivity contribution is 0.102. The maximum absolute atomic E-state index is 13.0. The van der Waals surface area contributed by atoms with E-state index in [9.17, 15) is 9.18 Å². The highest BCUT2D eigenvalue weighted by atomic mass is 32.1. The Balaban J connectivity index is 1.95. The van der Waals surface area contributed by atoms with Crippen molar-refractivity contribution in [3.8, 4) is 11.4 Å². The largest absolute Gasteiger partial charge is 0.294 e. The van der Waals surface area contributed by atoms with Gasteiger partial charge in [-0.25, -0.2) is 14.1 Å². The van der Waals surface area contributed by atoms with E-state index in [1.807, 2.05) is 18.4 Å². The maximum atomic E-state index is 13.0. The zero-order valence-electron chi connectivity index (χ0n) is 12.2. The van der Waals surface area contributed by atoms with Gasteiger partial charge < -0.3 is 0 Å². The summed E-state index contributed by atoms with van der Waals surface area (Å²) in [7, 11) is 0. The van der Waals surface area contributed by atoms with Crippen molar-refractivity contribution in [1.82, 2.24) is 14.8 Å². The third kappa shape index (κ3) is 2.96. The Labute approximate surface area is 131 Å². The van der Waals surface area contributed by atoms with Gasteiger partial charge in [0.05, 0.1) is 11.4 Å². The summed E-state index contributed by atoms with van der Waals surface area (Å²) in [6.07, 6.45) is 0. The van der Waals surface area contributed by atoms with Crippen molar-refractivity contribution in [2.75, 3.05) is 0 Å². The summed E-state index contributed by atoms with van der Waals surface area (Å²) >= 11 is 1.40. The highest BCUT2D eigenvalue weighted by molar-refractivity contribution is 7.12. The normalized spacial score (nSPS) is 10.9. The van der Waals surface area contributed by atoms with Gasteiger partial charge in [0.25, 0.3) is 0 Å². The first-order valence-electron chi connectivity index (χ1n) is 6.78. The SMILES string of the molecule is CC(=O)c1cc(-c2nc(C)nn2Cc2ccc(F)cc2)cs1. The van der Waals surface area contributed by atoms with Crippen molar-refractivity contribution in [2.45, 2.75) is 20.4 Å². The second-order valence-electron chi connectivity index (χ2n) is 5.02. The molecule has 0 aliphatic carbocycles. The van der Waals surface area contributed by atoms with E-state index in [1.54, 1.807) is 23.7 Å². The van der Waals surface area contributed by atoms with E-state index >= 15 is 0 Å². The average Bonchev–Trinajstić information content (AvgIpc) is 3.08. The zero-order chi connectivity index (χ0) is 15.7. The molecule has 2 heterocycles. The molecule has 0 radical (unpaired) electrons. The van der Waals surface area contributed by atoms with Crippen molar-refractivity contribution >= 4 is 17.1 Å². The fraction of sp³-hybridized carbons (Fsp3) is 0.188. The molecule has 2 aromatic heterocycles. The lowest BCUT2D eigenvalue weighted by Crippen LogP contribution is -2.04. The van der Waals surface area contributed by atoms with E-state index < -0.39 is 0 Å². The molecule has 3 rings (SSSR count). The number of carbonyl (C=O) groups is 1. The third-order valence-corrected chi connectivity index (χ3v) is 4.26. The summed E-state index contributed by atoms with van der Waals surface area (Å²) < 4.78 is 14.8. The van der Waals surface area contributed by atoms with E-state index in [0.717, 1.165) is 11.1 Å². The summed E-state index contributed by atoms with van der Waals surface area (Å²) in [5.74, 6) is 1.15. The van der Waals surface area contributed by atoms with Gasteiger partial charge in [0.1, 0.15) is 11.6 Å². The van der Waals surface area contributed by atoms with Crippen LogP contribution in [0.3, 0.4) is 0 Å². The molecule has 3 aromatic rings. The molecular weight excluding hydrogens is 301 g/mol. The van der Waals surface area contributed by atoms with Crippen LogP contribution in [0.5, 0.6) is 0 Å². The van der Waals surface area contributed by atoms with Crippen molar-refractivity contribution in [3.05, 3.63) is 57.8 Å². The van der Waals surface area contributed by atoms with Gasteiger partial charge in [0.2, 0.25) is 0 Å². The molecule has 0 bridgehead atoms. The number of aromatic nitrogens is 3. The molecule has 0 unspecified atom stereocenters. The number of benzene rings is 1. The van der Waals surface area contributed by atoms with Crippen LogP contribution in [0.2, 0.25) is 0 Å². The fourth-order valence-corrected chi connectivity index (χ4v) is 2.97. The molecule has 0 saturated heterocycles. The van der Waals surface area contributed by atoms with E-state index in [0.29, 0.717) is 23.1 Å². The summed E-state index contributed by atoms with van der Waals surface area (Å²) in [4.78, 5) is 16.6. The molecule has 0 atom stereocenters. The van der Waals surface area contributed by atoms with Crippen LogP contribution in [0, 0.1) is 12.7 Å². The van der Waals surface area contributed by atoms with Gasteiger partial charge in [0, 0.05) is 10.9 Å². The van der Waals surface area contributed by atoms with Crippen LogP contribution in [-0.4, -0.2) is 20.5 Å². The minimum Gasteiger partial charge on any atom is -0.294 e. The molecule has 0 aliphatic rings. The monoisotopic (exact) mass is 315 g/mol. The molecule has 0 N–H and O–H groups in total.